The molecule has 1 heterocycles. The number of nitrogens with one attached hydrogen (secondary N) is 1. The molecule has 2 fully saturated rings. The molecule has 0 radical (unpaired) electrons. The summed E-state index contributed by atoms with van der Waals surface area (Å²) >= 11 is 0. The van der Waals surface area contributed by atoms with E-state index in [-0.39, 0.29) is 36.1 Å². The van der Waals surface area contributed by atoms with Crippen molar-refractivity contribution in [1.82, 2.24) is 5.32 Å². The van der Waals surface area contributed by atoms with Crippen LogP contribution < -0.4 is 11.1 Å². The van der Waals surface area contributed by atoms with Gasteiger partial charge in [0.15, 0.2) is 11.4 Å². The second-order valence-electron chi connectivity index (χ2n) is 11.4. The number of rotatable bonds is 5. The van der Waals surface area contributed by atoms with Crippen molar-refractivity contribution in [2.45, 2.75) is 69.6 Å². The lowest BCUT2D eigenvalue weighted by molar-refractivity contribution is -0.147. The molecule has 2 saturated carbocycles. The fourth-order valence-electron chi connectivity index (χ4n) is 7.02. The lowest BCUT2D eigenvalue weighted by Crippen LogP contribution is -2.58. The van der Waals surface area contributed by atoms with Crippen LogP contribution in [0.3, 0.4) is 0 Å². The van der Waals surface area contributed by atoms with Crippen LogP contribution in [0.25, 0.3) is 17.1 Å². The number of amides is 1. The maximum atomic E-state index is 13.7. The number of fused-ring (bicyclic) bond motifs is 3. The zero-order valence-corrected chi connectivity index (χ0v) is 21.9. The van der Waals surface area contributed by atoms with Crippen LogP contribution in [0, 0.1) is 11.8 Å². The summed E-state index contributed by atoms with van der Waals surface area (Å²) < 4.78 is 6.15. The molecule has 0 spiro atoms. The zero-order valence-electron chi connectivity index (χ0n) is 21.9. The largest absolute Gasteiger partial charge is 0.508 e. The van der Waals surface area contributed by atoms with E-state index in [1.165, 1.54) is 25.3 Å². The summed E-state index contributed by atoms with van der Waals surface area (Å²) in [6.07, 6.45) is 5.94. The third kappa shape index (κ3) is 3.97. The first-order valence-corrected chi connectivity index (χ1v) is 13.8. The van der Waals surface area contributed by atoms with E-state index in [0.29, 0.717) is 29.5 Å². The summed E-state index contributed by atoms with van der Waals surface area (Å²) in [4.78, 5) is 38.0. The Bertz CT molecular complexity index is 1490. The number of benzene rings is 1. The number of phenols is 1. The van der Waals surface area contributed by atoms with Crippen molar-refractivity contribution >= 4 is 23.2 Å². The van der Waals surface area contributed by atoms with Crippen molar-refractivity contribution in [2.75, 3.05) is 0 Å². The highest BCUT2D eigenvalue weighted by atomic mass is 16.4. The van der Waals surface area contributed by atoms with E-state index in [1.54, 1.807) is 6.07 Å². The first-order chi connectivity index (χ1) is 19.1. The number of nitrogens with two attached hydrogens (primary N) is 1. The third-order valence-electron chi connectivity index (χ3n) is 9.04. The second-order valence-corrected chi connectivity index (χ2v) is 11.4. The Hall–Kier alpha value is -3.89. The monoisotopic (exact) mass is 548 g/mol. The van der Waals surface area contributed by atoms with Gasteiger partial charge in [-0.1, -0.05) is 19.3 Å². The fourth-order valence-corrected chi connectivity index (χ4v) is 7.02. The SMILES string of the molecule is NC(=O)C1=C(O)[C@@]2(O)C(=O)C3=C(O)c4c(O)ccc(-c5ccc(CNC6CCCCC6)o5)c4CC3C[C@H]2CC1=O. The highest BCUT2D eigenvalue weighted by Crippen LogP contribution is 2.53. The molecule has 1 unspecified atom stereocenters. The Morgan fingerprint density at radius 1 is 1.05 bits per heavy atom. The van der Waals surface area contributed by atoms with Crippen LogP contribution in [0.1, 0.15) is 61.8 Å². The van der Waals surface area contributed by atoms with Gasteiger partial charge in [0.2, 0.25) is 5.78 Å². The van der Waals surface area contributed by atoms with Crippen LogP contribution in [0.4, 0.5) is 0 Å². The van der Waals surface area contributed by atoms with Gasteiger partial charge in [0, 0.05) is 29.5 Å². The molecular weight excluding hydrogens is 516 g/mol. The number of carbonyl (C=O) groups excluding carboxylic acids is 3. The molecule has 0 aliphatic heterocycles. The maximum Gasteiger partial charge on any atom is 0.255 e. The number of primary amides is 1. The number of ketones is 2. The van der Waals surface area contributed by atoms with Crippen LogP contribution in [-0.2, 0) is 27.3 Å². The molecule has 0 bridgehead atoms. The van der Waals surface area contributed by atoms with Crippen LogP contribution >= 0.6 is 0 Å². The van der Waals surface area contributed by atoms with E-state index >= 15 is 0 Å². The topological polar surface area (TPSA) is 183 Å². The second kappa shape index (κ2) is 9.64. The van der Waals surface area contributed by atoms with Gasteiger partial charge in [-0.05, 0) is 61.4 Å². The van der Waals surface area contributed by atoms with Crippen molar-refractivity contribution in [3.63, 3.8) is 0 Å². The average molecular weight is 549 g/mol. The molecule has 1 aromatic carbocycles. The molecule has 1 aromatic heterocycles. The molecule has 210 valence electrons. The van der Waals surface area contributed by atoms with Crippen molar-refractivity contribution in [1.29, 1.82) is 0 Å². The number of hydrogen-bond acceptors (Lipinski definition) is 9. The maximum absolute atomic E-state index is 13.7. The van der Waals surface area contributed by atoms with Crippen LogP contribution in [0.2, 0.25) is 0 Å². The number of aromatic hydroxyl groups is 1. The number of carbonyl (C=O) groups is 3. The van der Waals surface area contributed by atoms with Gasteiger partial charge >= 0.3 is 0 Å². The van der Waals surface area contributed by atoms with Crippen molar-refractivity contribution in [3.05, 3.63) is 58.1 Å². The van der Waals surface area contributed by atoms with E-state index in [4.69, 9.17) is 10.2 Å². The van der Waals surface area contributed by atoms with Gasteiger partial charge in [0.05, 0.1) is 12.1 Å². The Morgan fingerprint density at radius 3 is 2.52 bits per heavy atom. The summed E-state index contributed by atoms with van der Waals surface area (Å²) in [6.45, 7) is 0.579. The summed E-state index contributed by atoms with van der Waals surface area (Å²) in [5.41, 5.74) is 2.95. The molecule has 6 rings (SSSR count). The van der Waals surface area contributed by atoms with Crippen molar-refractivity contribution < 1.29 is 39.2 Å². The fraction of sp³-hybridized carbons (Fsp3) is 0.433. The number of hydrogen-bond donors (Lipinski definition) is 6. The molecule has 7 N–H and O–H groups in total. The Kier molecular flexibility index (Phi) is 6.35. The molecule has 1 amide bonds. The average Bonchev–Trinajstić information content (AvgIpc) is 3.39. The van der Waals surface area contributed by atoms with Gasteiger partial charge in [-0.25, -0.2) is 0 Å². The van der Waals surface area contributed by atoms with Crippen molar-refractivity contribution in [2.24, 2.45) is 17.6 Å². The minimum Gasteiger partial charge on any atom is -0.508 e. The first-order valence-electron chi connectivity index (χ1n) is 13.8. The molecule has 0 saturated heterocycles. The molecule has 4 aliphatic rings. The molecule has 10 nitrogen and oxygen atoms in total. The number of aliphatic hydroxyl groups is 3. The van der Waals surface area contributed by atoms with E-state index in [9.17, 15) is 34.8 Å². The van der Waals surface area contributed by atoms with Gasteiger partial charge in [-0.2, -0.15) is 0 Å². The van der Waals surface area contributed by atoms with Crippen LogP contribution in [0.5, 0.6) is 5.75 Å². The number of aliphatic hydroxyl groups excluding tert-OH is 2. The number of Topliss-reactive ketones (excluding diaryl/α,β-unsaturated/α-hetero) is 2. The van der Waals surface area contributed by atoms with Crippen molar-refractivity contribution in [3.8, 4) is 17.1 Å². The van der Waals surface area contributed by atoms with Gasteiger partial charge in [-0.15, -0.1) is 0 Å². The minimum absolute atomic E-state index is 0.0444. The van der Waals surface area contributed by atoms with Crippen LogP contribution in [0.15, 0.2) is 45.6 Å². The Labute approximate surface area is 230 Å². The summed E-state index contributed by atoms with van der Waals surface area (Å²) in [7, 11) is 0. The number of furan rings is 1. The lowest BCUT2D eigenvalue weighted by Gasteiger charge is -2.46. The summed E-state index contributed by atoms with van der Waals surface area (Å²) in [5.74, 6) is -5.18. The predicted molar refractivity (Wildman–Crippen MR) is 143 cm³/mol. The number of phenolic OH excluding ortho intramolecular Hbond substituents is 1. The normalized spacial score (nSPS) is 26.9. The Morgan fingerprint density at radius 2 is 1.80 bits per heavy atom. The highest BCUT2D eigenvalue weighted by Gasteiger charge is 2.60. The smallest absolute Gasteiger partial charge is 0.255 e. The first kappa shape index (κ1) is 26.3. The Balaban J connectivity index is 1.37. The summed E-state index contributed by atoms with van der Waals surface area (Å²) in [5, 5.41) is 47.7. The summed E-state index contributed by atoms with van der Waals surface area (Å²) in [6, 6.07) is 7.28. The minimum atomic E-state index is -2.58. The molecule has 40 heavy (non-hydrogen) atoms. The molecular formula is C30H32N2O8. The van der Waals surface area contributed by atoms with Crippen LogP contribution in [-0.4, -0.2) is 49.5 Å². The standard InChI is InChI=1S/C30H32N2O8/c31-29(38)25-21(34)12-15-10-14-11-19-18(22-9-6-17(40-22)13-32-16-4-2-1-3-5-16)7-8-20(33)24(19)26(35)23(14)27(36)30(15,39)28(25)37/h6-9,14-16,32-33,35,37,39H,1-5,10-13H2,(H2,31,38)/t14?,15-,30-/m0/s1. The lowest BCUT2D eigenvalue weighted by atomic mass is 9.59. The molecule has 4 aliphatic carbocycles. The molecule has 10 heteroatoms. The highest BCUT2D eigenvalue weighted by molar-refractivity contribution is 6.22. The van der Waals surface area contributed by atoms with Gasteiger partial charge in [0.1, 0.15) is 34.4 Å². The quantitative estimate of drug-likeness (QED) is 0.306. The predicted octanol–water partition coefficient (Wildman–Crippen LogP) is 3.11. The van der Waals surface area contributed by atoms with E-state index < -0.39 is 52.0 Å². The van der Waals surface area contributed by atoms with Gasteiger partial charge in [-0.3, -0.25) is 14.4 Å². The van der Waals surface area contributed by atoms with E-state index in [2.05, 4.69) is 5.32 Å². The van der Waals surface area contributed by atoms with E-state index in [1.807, 2.05) is 12.1 Å². The van der Waals surface area contributed by atoms with E-state index in [0.717, 1.165) is 18.6 Å². The zero-order chi connectivity index (χ0) is 28.3. The third-order valence-corrected chi connectivity index (χ3v) is 9.04. The van der Waals surface area contributed by atoms with Gasteiger partial charge < -0.3 is 35.9 Å². The molecule has 2 aromatic rings. The molecule has 3 atom stereocenters. The van der Waals surface area contributed by atoms with Gasteiger partial charge in [0.25, 0.3) is 5.91 Å².